The molecule has 0 aliphatic heterocycles. The van der Waals surface area contributed by atoms with Crippen LogP contribution in [0.5, 0.6) is 0 Å². The maximum atomic E-state index is 3.86. The first-order valence-electron chi connectivity index (χ1n) is 13.4. The van der Waals surface area contributed by atoms with Crippen LogP contribution >= 0.6 is 0 Å². The van der Waals surface area contributed by atoms with Crippen LogP contribution in [0.2, 0.25) is 0 Å². The Bertz CT molecular complexity index is 178. The molecule has 0 amide bonds. The van der Waals surface area contributed by atoms with Crippen molar-refractivity contribution >= 4 is 23.1 Å². The second kappa shape index (κ2) is 36.2. The Balaban J connectivity index is -0.000000451. The Labute approximate surface area is 204 Å². The molecule has 0 aromatic heterocycles. The monoisotopic (exact) mass is 418 g/mol. The molecule has 0 fully saturated rings. The Morgan fingerprint density at radius 2 is 0.483 bits per heavy atom. The van der Waals surface area contributed by atoms with Crippen LogP contribution in [0.15, 0.2) is 0 Å². The van der Waals surface area contributed by atoms with Crippen molar-refractivity contribution in [1.82, 2.24) is 0 Å². The van der Waals surface area contributed by atoms with Crippen molar-refractivity contribution in [2.75, 3.05) is 0 Å². The van der Waals surface area contributed by atoms with Crippen molar-refractivity contribution in [2.45, 2.75) is 168 Å². The van der Waals surface area contributed by atoms with E-state index in [9.17, 15) is 0 Å². The molecule has 0 saturated heterocycles. The summed E-state index contributed by atoms with van der Waals surface area (Å²) in [5.74, 6) is 0. The standard InChI is InChI=1S/2C14H29.Mg/c2*1-3-5-7-9-11-13-14-12-10-8-6-4-2;/h2*1,3-14H2,2H3;/q2*-1;+2. The molecule has 0 bridgehead atoms. The molecule has 0 radical (unpaired) electrons. The van der Waals surface area contributed by atoms with Gasteiger partial charge in [0.2, 0.25) is 0 Å². The molecule has 29 heavy (non-hydrogen) atoms. The summed E-state index contributed by atoms with van der Waals surface area (Å²) in [4.78, 5) is 0. The molecule has 0 atom stereocenters. The van der Waals surface area contributed by atoms with E-state index in [2.05, 4.69) is 27.7 Å². The maximum absolute atomic E-state index is 3.86. The van der Waals surface area contributed by atoms with E-state index < -0.39 is 0 Å². The largest absolute Gasteiger partial charge is 2.00 e. The third kappa shape index (κ3) is 39.8. The predicted octanol–water partition coefficient (Wildman–Crippen LogP) is 10.7. The fraction of sp³-hybridized carbons (Fsp3) is 0.929. The fourth-order valence-corrected chi connectivity index (χ4v) is 3.68. The van der Waals surface area contributed by atoms with Gasteiger partial charge < -0.3 is 13.8 Å². The quantitative estimate of drug-likeness (QED) is 0.0930. The molecule has 0 aromatic rings. The minimum Gasteiger partial charge on any atom is -0.343 e. The first-order chi connectivity index (χ1) is 13.8. The van der Waals surface area contributed by atoms with Crippen molar-refractivity contribution in [3.8, 4) is 0 Å². The number of hydrogen-bond donors (Lipinski definition) is 0. The Morgan fingerprint density at radius 3 is 0.655 bits per heavy atom. The van der Waals surface area contributed by atoms with Gasteiger partial charge in [-0.3, -0.25) is 0 Å². The van der Waals surface area contributed by atoms with Crippen molar-refractivity contribution in [3.63, 3.8) is 0 Å². The smallest absolute Gasteiger partial charge is 0.343 e. The molecule has 172 valence electrons. The van der Waals surface area contributed by atoms with Gasteiger partial charge in [0.15, 0.2) is 0 Å². The van der Waals surface area contributed by atoms with Crippen molar-refractivity contribution in [2.24, 2.45) is 0 Å². The minimum absolute atomic E-state index is 0. The van der Waals surface area contributed by atoms with Crippen molar-refractivity contribution < 1.29 is 0 Å². The normalized spacial score (nSPS) is 10.3. The molecule has 0 N–H and O–H groups in total. The summed E-state index contributed by atoms with van der Waals surface area (Å²) in [5, 5.41) is 0. The molecule has 0 spiro atoms. The van der Waals surface area contributed by atoms with Crippen LogP contribution in [0.25, 0.3) is 0 Å². The Hall–Kier alpha value is 0.766. The maximum Gasteiger partial charge on any atom is 2.00 e. The first kappa shape index (κ1) is 34.4. The molecule has 0 aliphatic rings. The van der Waals surface area contributed by atoms with E-state index in [0.717, 1.165) is 12.8 Å². The fourth-order valence-electron chi connectivity index (χ4n) is 3.68. The van der Waals surface area contributed by atoms with Crippen LogP contribution in [0.3, 0.4) is 0 Å². The number of hydrogen-bond acceptors (Lipinski definition) is 0. The van der Waals surface area contributed by atoms with Gasteiger partial charge in [0.1, 0.15) is 0 Å². The van der Waals surface area contributed by atoms with Crippen molar-refractivity contribution in [3.05, 3.63) is 13.8 Å². The zero-order valence-corrected chi connectivity index (χ0v) is 22.5. The van der Waals surface area contributed by atoms with E-state index >= 15 is 0 Å². The predicted molar refractivity (Wildman–Crippen MR) is 139 cm³/mol. The average molecular weight is 419 g/mol. The molecule has 0 rings (SSSR count). The van der Waals surface area contributed by atoms with E-state index in [1.165, 1.54) is 141 Å². The minimum atomic E-state index is 0. The zero-order valence-electron chi connectivity index (χ0n) is 21.1. The summed E-state index contributed by atoms with van der Waals surface area (Å²) < 4.78 is 0. The summed E-state index contributed by atoms with van der Waals surface area (Å²) in [7, 11) is 0. The Morgan fingerprint density at radius 1 is 0.310 bits per heavy atom. The van der Waals surface area contributed by atoms with E-state index in [-0.39, 0.29) is 23.1 Å². The molecule has 0 nitrogen and oxygen atoms in total. The third-order valence-electron chi connectivity index (χ3n) is 5.71. The first-order valence-corrected chi connectivity index (χ1v) is 13.4. The molecule has 0 aromatic carbocycles. The second-order valence-electron chi connectivity index (χ2n) is 8.78. The Kier molecular flexibility index (Phi) is 42.9. The van der Waals surface area contributed by atoms with Gasteiger partial charge in [0, 0.05) is 0 Å². The summed E-state index contributed by atoms with van der Waals surface area (Å²) in [6.07, 6.45) is 33.7. The summed E-state index contributed by atoms with van der Waals surface area (Å²) in [5.41, 5.74) is 0. The van der Waals surface area contributed by atoms with Crippen LogP contribution in [0.4, 0.5) is 0 Å². The topological polar surface area (TPSA) is 0 Å². The van der Waals surface area contributed by atoms with Gasteiger partial charge in [-0.05, 0) is 0 Å². The SMILES string of the molecule is [CH2-]CCCCCCCCCCCCC.[CH2-]CCCCCCCCCCCCC.[Mg+2]. The van der Waals surface area contributed by atoms with Gasteiger partial charge in [-0.15, -0.1) is 0 Å². The van der Waals surface area contributed by atoms with Crippen LogP contribution < -0.4 is 0 Å². The summed E-state index contributed by atoms with van der Waals surface area (Å²) >= 11 is 0. The van der Waals surface area contributed by atoms with Gasteiger partial charge in [0.05, 0.1) is 0 Å². The van der Waals surface area contributed by atoms with Gasteiger partial charge >= 0.3 is 23.1 Å². The van der Waals surface area contributed by atoms with Crippen LogP contribution in [0, 0.1) is 13.8 Å². The molecular formula is C28H58Mg. The molecular weight excluding hydrogens is 361 g/mol. The van der Waals surface area contributed by atoms with E-state index in [1.807, 2.05) is 0 Å². The third-order valence-corrected chi connectivity index (χ3v) is 5.71. The molecule has 1 heteroatoms. The van der Waals surface area contributed by atoms with E-state index in [4.69, 9.17) is 0 Å². The molecule has 0 aliphatic carbocycles. The molecule has 0 saturated carbocycles. The van der Waals surface area contributed by atoms with Gasteiger partial charge in [0.25, 0.3) is 0 Å². The van der Waals surface area contributed by atoms with Crippen molar-refractivity contribution in [1.29, 1.82) is 0 Å². The average Bonchev–Trinajstić information content (AvgIpc) is 2.71. The number of unbranched alkanes of at least 4 members (excludes halogenated alkanes) is 22. The molecule has 0 unspecified atom stereocenters. The second-order valence-corrected chi connectivity index (χ2v) is 8.78. The number of rotatable bonds is 22. The van der Waals surface area contributed by atoms with Gasteiger partial charge in [-0.1, -0.05) is 155 Å². The van der Waals surface area contributed by atoms with Crippen LogP contribution in [-0.4, -0.2) is 23.1 Å². The van der Waals surface area contributed by atoms with E-state index in [0.29, 0.717) is 0 Å². The molecule has 0 heterocycles. The van der Waals surface area contributed by atoms with Gasteiger partial charge in [-0.2, -0.15) is 12.8 Å². The zero-order chi connectivity index (χ0) is 21.0. The summed E-state index contributed by atoms with van der Waals surface area (Å²) in [6.45, 7) is 12.3. The summed E-state index contributed by atoms with van der Waals surface area (Å²) in [6, 6.07) is 0. The van der Waals surface area contributed by atoms with Gasteiger partial charge in [-0.25, -0.2) is 0 Å². The van der Waals surface area contributed by atoms with E-state index in [1.54, 1.807) is 0 Å². The van der Waals surface area contributed by atoms with Crippen LogP contribution in [0.1, 0.15) is 168 Å². The van der Waals surface area contributed by atoms with Crippen LogP contribution in [-0.2, 0) is 0 Å².